The Balaban J connectivity index is 1.21. The third kappa shape index (κ3) is 7.75. The average molecular weight is 530 g/mol. The number of cyclic esters (lactones) is 1. The molecular weight excluding hydrogens is 498 g/mol. The fourth-order valence-corrected chi connectivity index (χ4v) is 4.72. The van der Waals surface area contributed by atoms with Crippen molar-refractivity contribution in [3.05, 3.63) is 65.7 Å². The molecule has 2 aromatic carbocycles. The highest BCUT2D eigenvalue weighted by atomic mass is 32.2. The van der Waals surface area contributed by atoms with E-state index >= 15 is 0 Å². The van der Waals surface area contributed by atoms with Crippen molar-refractivity contribution in [1.82, 2.24) is 9.80 Å². The largest absolute Gasteiger partial charge is 0.460 e. The molecule has 1 atom stereocenters. The van der Waals surface area contributed by atoms with Crippen molar-refractivity contribution in [1.29, 1.82) is 0 Å². The summed E-state index contributed by atoms with van der Waals surface area (Å²) in [6.07, 6.45) is 0.247. The van der Waals surface area contributed by atoms with E-state index in [4.69, 9.17) is 15.2 Å². The Bertz CT molecular complexity index is 1230. The summed E-state index contributed by atoms with van der Waals surface area (Å²) in [6, 6.07) is 16.2. The Labute approximate surface area is 216 Å². The SMILES string of the molecule is CS(=O)(=O)/N=C(\N)c1ccc(N2CC(CN3CCN(CC(=O)OCc4ccccc4)CC3)OC2=O)cc1. The van der Waals surface area contributed by atoms with Gasteiger partial charge in [0.05, 0.1) is 19.3 Å². The van der Waals surface area contributed by atoms with Gasteiger partial charge >= 0.3 is 12.1 Å². The van der Waals surface area contributed by atoms with E-state index in [1.807, 2.05) is 30.3 Å². The monoisotopic (exact) mass is 529 g/mol. The summed E-state index contributed by atoms with van der Waals surface area (Å²) in [4.78, 5) is 30.5. The van der Waals surface area contributed by atoms with Crippen LogP contribution in [0.3, 0.4) is 0 Å². The highest BCUT2D eigenvalue weighted by Crippen LogP contribution is 2.23. The Morgan fingerprint density at radius 1 is 1.05 bits per heavy atom. The van der Waals surface area contributed by atoms with Gasteiger partial charge in [0.1, 0.15) is 18.5 Å². The van der Waals surface area contributed by atoms with Crippen LogP contribution >= 0.6 is 0 Å². The number of piperazine rings is 1. The highest BCUT2D eigenvalue weighted by molar-refractivity contribution is 7.89. The standard InChI is InChI=1S/C25H31N5O6S/c1-37(33,34)27-24(26)20-7-9-21(10-8-20)30-16-22(36-25(30)32)15-28-11-13-29(14-12-28)17-23(31)35-18-19-5-3-2-4-6-19/h2-10,22H,11-18H2,1H3,(H2,26,27). The molecule has 0 spiro atoms. The molecule has 2 saturated heterocycles. The van der Waals surface area contributed by atoms with E-state index in [2.05, 4.69) is 14.2 Å². The first-order chi connectivity index (χ1) is 17.7. The van der Waals surface area contributed by atoms with Crippen LogP contribution in [0, 0.1) is 0 Å². The van der Waals surface area contributed by atoms with Crippen molar-refractivity contribution in [2.45, 2.75) is 12.7 Å². The Morgan fingerprint density at radius 3 is 2.35 bits per heavy atom. The fourth-order valence-electron chi connectivity index (χ4n) is 4.26. The summed E-state index contributed by atoms with van der Waals surface area (Å²) in [5.41, 5.74) is 7.78. The lowest BCUT2D eigenvalue weighted by Gasteiger charge is -2.34. The minimum Gasteiger partial charge on any atom is -0.460 e. The number of carbonyl (C=O) groups excluding carboxylic acids is 2. The molecule has 0 radical (unpaired) electrons. The molecule has 12 heteroatoms. The molecule has 2 aromatic rings. The molecule has 198 valence electrons. The van der Waals surface area contributed by atoms with Crippen molar-refractivity contribution < 1.29 is 27.5 Å². The van der Waals surface area contributed by atoms with Crippen LogP contribution in [-0.2, 0) is 30.9 Å². The predicted octanol–water partition coefficient (Wildman–Crippen LogP) is 1.04. The van der Waals surface area contributed by atoms with Gasteiger partial charge in [-0.2, -0.15) is 0 Å². The van der Waals surface area contributed by atoms with Crippen molar-refractivity contribution >= 4 is 33.6 Å². The van der Waals surface area contributed by atoms with E-state index in [0.29, 0.717) is 24.3 Å². The summed E-state index contributed by atoms with van der Waals surface area (Å²) in [7, 11) is -3.60. The topological polar surface area (TPSA) is 135 Å². The number of nitrogens with zero attached hydrogens (tertiary/aromatic N) is 4. The number of nitrogens with two attached hydrogens (primary N) is 1. The highest BCUT2D eigenvalue weighted by Gasteiger charge is 2.34. The van der Waals surface area contributed by atoms with Crippen LogP contribution in [0.5, 0.6) is 0 Å². The summed E-state index contributed by atoms with van der Waals surface area (Å²) < 4.78 is 37.0. The van der Waals surface area contributed by atoms with Crippen LogP contribution in [0.15, 0.2) is 59.0 Å². The van der Waals surface area contributed by atoms with Gasteiger partial charge in [-0.1, -0.05) is 30.3 Å². The number of hydrogen-bond donors (Lipinski definition) is 1. The maximum Gasteiger partial charge on any atom is 0.414 e. The van der Waals surface area contributed by atoms with Crippen molar-refractivity contribution in [2.24, 2.45) is 10.1 Å². The molecule has 2 aliphatic rings. The maximum absolute atomic E-state index is 12.5. The molecule has 0 aliphatic carbocycles. The third-order valence-corrected chi connectivity index (χ3v) is 6.66. The van der Waals surface area contributed by atoms with Gasteiger partial charge in [-0.15, -0.1) is 4.40 Å². The zero-order valence-corrected chi connectivity index (χ0v) is 21.5. The summed E-state index contributed by atoms with van der Waals surface area (Å²) in [6.45, 7) is 4.49. The van der Waals surface area contributed by atoms with Crippen LogP contribution < -0.4 is 10.6 Å². The number of rotatable bonds is 9. The van der Waals surface area contributed by atoms with Crippen LogP contribution in [0.2, 0.25) is 0 Å². The quantitative estimate of drug-likeness (QED) is 0.287. The molecule has 2 heterocycles. The van der Waals surface area contributed by atoms with Gasteiger partial charge in [0.25, 0.3) is 10.0 Å². The molecule has 37 heavy (non-hydrogen) atoms. The number of hydrogen-bond acceptors (Lipinski definition) is 8. The average Bonchev–Trinajstić information content (AvgIpc) is 3.23. The lowest BCUT2D eigenvalue weighted by atomic mass is 10.2. The molecule has 1 amide bonds. The molecule has 11 nitrogen and oxygen atoms in total. The molecule has 4 rings (SSSR count). The first-order valence-electron chi connectivity index (χ1n) is 11.9. The Hall–Kier alpha value is -3.48. The molecule has 2 aliphatic heterocycles. The number of amides is 1. The van der Waals surface area contributed by atoms with Gasteiger partial charge in [0, 0.05) is 44.0 Å². The number of anilines is 1. The number of ether oxygens (including phenoxy) is 2. The van der Waals surface area contributed by atoms with Gasteiger partial charge < -0.3 is 15.2 Å². The first kappa shape index (κ1) is 26.6. The molecule has 1 unspecified atom stereocenters. The van der Waals surface area contributed by atoms with Crippen LogP contribution in [-0.4, -0.2) is 94.3 Å². The van der Waals surface area contributed by atoms with E-state index in [0.717, 1.165) is 38.0 Å². The van der Waals surface area contributed by atoms with E-state index in [1.54, 1.807) is 24.3 Å². The van der Waals surface area contributed by atoms with E-state index < -0.39 is 16.1 Å². The summed E-state index contributed by atoms with van der Waals surface area (Å²) in [5, 5.41) is 0. The molecule has 0 bridgehead atoms. The zero-order chi connectivity index (χ0) is 26.4. The second kappa shape index (κ2) is 11.7. The Kier molecular flexibility index (Phi) is 8.41. The number of carbonyl (C=O) groups is 2. The second-order valence-electron chi connectivity index (χ2n) is 9.10. The molecule has 2 N–H and O–H groups in total. The van der Waals surface area contributed by atoms with Crippen molar-refractivity contribution in [3.8, 4) is 0 Å². The number of amidine groups is 1. The number of esters is 1. The lowest BCUT2D eigenvalue weighted by Crippen LogP contribution is -2.50. The van der Waals surface area contributed by atoms with Gasteiger partial charge in [0.15, 0.2) is 0 Å². The molecule has 0 saturated carbocycles. The van der Waals surface area contributed by atoms with Crippen LogP contribution in [0.25, 0.3) is 0 Å². The van der Waals surface area contributed by atoms with Gasteiger partial charge in [-0.05, 0) is 29.8 Å². The van der Waals surface area contributed by atoms with Gasteiger partial charge in [0.2, 0.25) is 0 Å². The van der Waals surface area contributed by atoms with E-state index in [9.17, 15) is 18.0 Å². The van der Waals surface area contributed by atoms with Crippen molar-refractivity contribution in [3.63, 3.8) is 0 Å². The summed E-state index contributed by atoms with van der Waals surface area (Å²) >= 11 is 0. The van der Waals surface area contributed by atoms with Crippen molar-refractivity contribution in [2.75, 3.05) is 57.0 Å². The minimum absolute atomic E-state index is 0.112. The molecule has 0 aromatic heterocycles. The molecule has 2 fully saturated rings. The van der Waals surface area contributed by atoms with Crippen LogP contribution in [0.4, 0.5) is 10.5 Å². The first-order valence-corrected chi connectivity index (χ1v) is 13.8. The molecular formula is C25H31N5O6S. The fraction of sp³-hybridized carbons (Fsp3) is 0.400. The zero-order valence-electron chi connectivity index (χ0n) is 20.7. The second-order valence-corrected chi connectivity index (χ2v) is 10.7. The predicted molar refractivity (Wildman–Crippen MR) is 139 cm³/mol. The lowest BCUT2D eigenvalue weighted by molar-refractivity contribution is -0.146. The Morgan fingerprint density at radius 2 is 1.70 bits per heavy atom. The maximum atomic E-state index is 12.5. The number of sulfonamides is 1. The van der Waals surface area contributed by atoms with E-state index in [-0.39, 0.29) is 31.1 Å². The van der Waals surface area contributed by atoms with Crippen LogP contribution in [0.1, 0.15) is 11.1 Å². The summed E-state index contributed by atoms with van der Waals surface area (Å²) in [5.74, 6) is -0.354. The van der Waals surface area contributed by atoms with E-state index in [1.165, 1.54) is 4.90 Å². The minimum atomic E-state index is -3.60. The normalized spacial score (nSPS) is 19.6. The smallest absolute Gasteiger partial charge is 0.414 e. The van der Waals surface area contributed by atoms with Gasteiger partial charge in [-0.25, -0.2) is 13.2 Å². The third-order valence-electron chi connectivity index (χ3n) is 6.14. The number of benzene rings is 2. The van der Waals surface area contributed by atoms with Gasteiger partial charge in [-0.3, -0.25) is 19.5 Å².